The first-order chi connectivity index (χ1) is 7.11. The number of hydrogen-bond acceptors (Lipinski definition) is 3. The number of aromatic amines is 2. The van der Waals surface area contributed by atoms with Gasteiger partial charge in [-0.25, -0.2) is 9.89 Å². The summed E-state index contributed by atoms with van der Waals surface area (Å²) < 4.78 is 7.36. The number of ether oxygens (including phenoxy) is 1. The summed E-state index contributed by atoms with van der Waals surface area (Å²) in [5, 5.41) is 5.14. The molecule has 0 aliphatic carbocycles. The lowest BCUT2D eigenvalue weighted by atomic mass is 9.82. The molecule has 2 rings (SSSR count). The van der Waals surface area contributed by atoms with E-state index >= 15 is 0 Å². The van der Waals surface area contributed by atoms with E-state index < -0.39 is 0 Å². The van der Waals surface area contributed by atoms with E-state index in [4.69, 9.17) is 17.0 Å². The molecule has 0 saturated carbocycles. The van der Waals surface area contributed by atoms with Gasteiger partial charge in [-0.1, -0.05) is 6.92 Å². The van der Waals surface area contributed by atoms with Gasteiger partial charge in [0.15, 0.2) is 4.77 Å². The molecule has 1 saturated heterocycles. The fourth-order valence-corrected chi connectivity index (χ4v) is 2.08. The molecule has 2 N–H and O–H groups in total. The van der Waals surface area contributed by atoms with Gasteiger partial charge in [0.2, 0.25) is 0 Å². The maximum absolute atomic E-state index is 11.4. The van der Waals surface area contributed by atoms with Gasteiger partial charge in [-0.15, -0.1) is 0 Å². The second kappa shape index (κ2) is 3.94. The highest BCUT2D eigenvalue weighted by molar-refractivity contribution is 7.71. The van der Waals surface area contributed by atoms with Gasteiger partial charge in [0.05, 0.1) is 0 Å². The number of nitrogens with zero attached hydrogens (tertiary/aromatic N) is 1. The van der Waals surface area contributed by atoms with Gasteiger partial charge in [-0.05, 0) is 30.5 Å². The van der Waals surface area contributed by atoms with E-state index in [1.54, 1.807) is 4.57 Å². The number of H-pyrrole nitrogens is 2. The van der Waals surface area contributed by atoms with E-state index in [0.717, 1.165) is 26.1 Å². The van der Waals surface area contributed by atoms with Crippen LogP contribution in [0, 0.1) is 10.2 Å². The summed E-state index contributed by atoms with van der Waals surface area (Å²) in [5.74, 6) is 0. The van der Waals surface area contributed by atoms with Crippen molar-refractivity contribution < 1.29 is 4.74 Å². The van der Waals surface area contributed by atoms with E-state index in [2.05, 4.69) is 17.1 Å². The van der Waals surface area contributed by atoms with E-state index in [-0.39, 0.29) is 11.1 Å². The number of nitrogens with one attached hydrogen (secondary N) is 2. The Labute approximate surface area is 92.4 Å². The molecule has 0 atom stereocenters. The van der Waals surface area contributed by atoms with Crippen LogP contribution in [0.1, 0.15) is 19.8 Å². The average molecular weight is 229 g/mol. The van der Waals surface area contributed by atoms with Gasteiger partial charge < -0.3 is 4.74 Å². The summed E-state index contributed by atoms with van der Waals surface area (Å²) in [6.07, 6.45) is 1.94. The van der Waals surface area contributed by atoms with Crippen LogP contribution < -0.4 is 5.69 Å². The van der Waals surface area contributed by atoms with Crippen LogP contribution in [0.2, 0.25) is 0 Å². The highest BCUT2D eigenvalue weighted by atomic mass is 32.1. The molecule has 0 bridgehead atoms. The molecule has 1 aliphatic rings. The molecule has 0 amide bonds. The van der Waals surface area contributed by atoms with Crippen molar-refractivity contribution in [1.29, 1.82) is 0 Å². The monoisotopic (exact) mass is 229 g/mol. The Morgan fingerprint density at radius 1 is 1.47 bits per heavy atom. The summed E-state index contributed by atoms with van der Waals surface area (Å²) in [4.78, 5) is 11.4. The zero-order valence-corrected chi connectivity index (χ0v) is 9.52. The van der Waals surface area contributed by atoms with E-state index in [1.165, 1.54) is 0 Å². The van der Waals surface area contributed by atoms with E-state index in [9.17, 15) is 4.79 Å². The summed E-state index contributed by atoms with van der Waals surface area (Å²) in [5.41, 5.74) is -0.0428. The van der Waals surface area contributed by atoms with Crippen LogP contribution in [0.5, 0.6) is 0 Å². The largest absolute Gasteiger partial charge is 0.381 e. The Morgan fingerprint density at radius 2 is 2.13 bits per heavy atom. The summed E-state index contributed by atoms with van der Waals surface area (Å²) >= 11 is 5.04. The maximum Gasteiger partial charge on any atom is 0.342 e. The van der Waals surface area contributed by atoms with Gasteiger partial charge in [-0.3, -0.25) is 9.67 Å². The van der Waals surface area contributed by atoms with Gasteiger partial charge in [0.1, 0.15) is 0 Å². The van der Waals surface area contributed by atoms with Crippen molar-refractivity contribution in [2.75, 3.05) is 13.2 Å². The Bertz CT molecular complexity index is 411. The highest BCUT2D eigenvalue weighted by Crippen LogP contribution is 2.30. The minimum Gasteiger partial charge on any atom is -0.381 e. The van der Waals surface area contributed by atoms with Crippen LogP contribution in [0.3, 0.4) is 0 Å². The third-order valence-corrected chi connectivity index (χ3v) is 3.33. The first-order valence-corrected chi connectivity index (χ1v) is 5.47. The summed E-state index contributed by atoms with van der Waals surface area (Å²) in [6.45, 7) is 4.37. The molecular weight excluding hydrogens is 214 g/mol. The van der Waals surface area contributed by atoms with Crippen LogP contribution >= 0.6 is 12.2 Å². The minimum absolute atomic E-state index is 0.117. The number of hydrogen-bond donors (Lipinski definition) is 2. The van der Waals surface area contributed by atoms with Crippen molar-refractivity contribution in [3.63, 3.8) is 0 Å². The van der Waals surface area contributed by atoms with Crippen molar-refractivity contribution in [3.8, 4) is 0 Å². The molecule has 1 aromatic rings. The number of aromatic nitrogens is 3. The predicted octanol–water partition coefficient (Wildman–Crippen LogP) is 1.05. The summed E-state index contributed by atoms with van der Waals surface area (Å²) in [7, 11) is 0. The van der Waals surface area contributed by atoms with Crippen LogP contribution in [-0.4, -0.2) is 28.0 Å². The van der Waals surface area contributed by atoms with Gasteiger partial charge >= 0.3 is 5.69 Å². The van der Waals surface area contributed by atoms with Gasteiger partial charge in [0.25, 0.3) is 0 Å². The van der Waals surface area contributed by atoms with E-state index in [0.29, 0.717) is 11.3 Å². The molecule has 1 fully saturated rings. The van der Waals surface area contributed by atoms with Crippen molar-refractivity contribution in [2.24, 2.45) is 5.41 Å². The zero-order chi connectivity index (χ0) is 10.9. The second-order valence-corrected chi connectivity index (χ2v) is 4.76. The Balaban J connectivity index is 2.20. The molecule has 1 aromatic heterocycles. The first kappa shape index (κ1) is 10.6. The van der Waals surface area contributed by atoms with Crippen molar-refractivity contribution in [1.82, 2.24) is 14.8 Å². The van der Waals surface area contributed by atoms with Crippen LogP contribution in [-0.2, 0) is 11.3 Å². The topological polar surface area (TPSA) is 62.8 Å². The maximum atomic E-state index is 11.4. The third-order valence-electron chi connectivity index (χ3n) is 3.01. The quantitative estimate of drug-likeness (QED) is 0.745. The molecule has 5 nitrogen and oxygen atoms in total. The smallest absolute Gasteiger partial charge is 0.342 e. The zero-order valence-electron chi connectivity index (χ0n) is 8.71. The lowest BCUT2D eigenvalue weighted by Gasteiger charge is -2.33. The SMILES string of the molecule is CC1(Cn2c(=O)[nH][nH]c2=S)CCOCC1. The average Bonchev–Trinajstić information content (AvgIpc) is 2.50. The molecule has 6 heteroatoms. The molecule has 1 aliphatic heterocycles. The lowest BCUT2D eigenvalue weighted by Crippen LogP contribution is -2.34. The van der Waals surface area contributed by atoms with Crippen molar-refractivity contribution in [2.45, 2.75) is 26.3 Å². The van der Waals surface area contributed by atoms with Crippen molar-refractivity contribution >= 4 is 12.2 Å². The van der Waals surface area contributed by atoms with Crippen molar-refractivity contribution in [3.05, 3.63) is 15.3 Å². The molecule has 0 unspecified atom stereocenters. The third kappa shape index (κ3) is 2.21. The highest BCUT2D eigenvalue weighted by Gasteiger charge is 2.28. The van der Waals surface area contributed by atoms with E-state index in [1.807, 2.05) is 0 Å². The van der Waals surface area contributed by atoms with Gasteiger partial charge in [0, 0.05) is 19.8 Å². The lowest BCUT2D eigenvalue weighted by molar-refractivity contribution is 0.0149. The molecule has 15 heavy (non-hydrogen) atoms. The molecule has 0 aromatic carbocycles. The summed E-state index contributed by atoms with van der Waals surface area (Å²) in [6, 6.07) is 0. The first-order valence-electron chi connectivity index (χ1n) is 5.06. The van der Waals surface area contributed by atoms with Crippen LogP contribution in [0.4, 0.5) is 0 Å². The van der Waals surface area contributed by atoms with Gasteiger partial charge in [-0.2, -0.15) is 0 Å². The minimum atomic E-state index is -0.160. The Morgan fingerprint density at radius 3 is 2.67 bits per heavy atom. The fraction of sp³-hybridized carbons (Fsp3) is 0.778. The molecule has 0 spiro atoms. The standard InChI is InChI=1S/C9H15N3O2S/c1-9(2-4-14-5-3-9)6-12-7(13)10-11-8(12)15/h2-6H2,1H3,(H,10,13)(H,11,15). The molecule has 0 radical (unpaired) electrons. The Kier molecular flexibility index (Phi) is 2.79. The second-order valence-electron chi connectivity index (χ2n) is 4.37. The van der Waals surface area contributed by atoms with Crippen LogP contribution in [0.15, 0.2) is 4.79 Å². The normalized spacial score (nSPS) is 20.3. The molecular formula is C9H15N3O2S. The van der Waals surface area contributed by atoms with Crippen LogP contribution in [0.25, 0.3) is 0 Å². The number of rotatable bonds is 2. The molecule has 84 valence electrons. The predicted molar refractivity (Wildman–Crippen MR) is 58.4 cm³/mol. The fourth-order valence-electron chi connectivity index (χ4n) is 1.88. The Hall–Kier alpha value is -0.880. The molecule has 2 heterocycles.